The molecule has 0 unspecified atom stereocenters. The number of rotatable bonds is 4. The van der Waals surface area contributed by atoms with Crippen LogP contribution in [0.3, 0.4) is 0 Å². The maximum absolute atomic E-state index is 12.7. The average molecular weight is 405 g/mol. The lowest BCUT2D eigenvalue weighted by Crippen LogP contribution is -2.27. The standard InChI is InChI=1S/C23H28N6O/c1-23-10-14(23)8-16-18(11-23)27-28-20(16)22-25-17-9-15(12-24-21(17)26-22)29(2)19(30)7-13-5-3-4-6-13/h9,12-14H,3-8,10-11H2,1-2H3,(H,27,28)(H,24,25,26)/t14-,23-/m1/s1. The lowest BCUT2D eigenvalue weighted by molar-refractivity contribution is -0.119. The van der Waals surface area contributed by atoms with E-state index in [-0.39, 0.29) is 5.91 Å². The highest BCUT2D eigenvalue weighted by molar-refractivity contribution is 5.94. The van der Waals surface area contributed by atoms with Crippen LogP contribution >= 0.6 is 0 Å². The molecule has 2 saturated carbocycles. The molecule has 0 radical (unpaired) electrons. The maximum atomic E-state index is 12.7. The average Bonchev–Trinajstić information content (AvgIpc) is 3.17. The number of carbonyl (C=O) groups excluding carboxylic acids is 1. The van der Waals surface area contributed by atoms with Crippen molar-refractivity contribution in [3.05, 3.63) is 23.5 Å². The molecule has 156 valence electrons. The Bertz CT molecular complexity index is 1140. The predicted molar refractivity (Wildman–Crippen MR) is 115 cm³/mol. The number of hydrogen-bond donors (Lipinski definition) is 2. The molecule has 3 aromatic heterocycles. The van der Waals surface area contributed by atoms with Gasteiger partial charge in [-0.2, -0.15) is 5.10 Å². The Hall–Kier alpha value is -2.70. The molecule has 6 rings (SSSR count). The van der Waals surface area contributed by atoms with Crippen molar-refractivity contribution in [1.82, 2.24) is 25.1 Å². The zero-order chi connectivity index (χ0) is 20.5. The highest BCUT2D eigenvalue weighted by Crippen LogP contribution is 2.59. The van der Waals surface area contributed by atoms with Crippen LogP contribution < -0.4 is 4.90 Å². The van der Waals surface area contributed by atoms with E-state index in [1.165, 1.54) is 43.4 Å². The molecular weight excluding hydrogens is 376 g/mol. The van der Waals surface area contributed by atoms with E-state index in [4.69, 9.17) is 4.98 Å². The SMILES string of the molecule is CN(C(=O)CC1CCCC1)c1cnc2nc(-c3n[nH]c4c3C[C@@H]3C[C@]3(C)C4)[nH]c2c1. The number of nitrogens with one attached hydrogen (secondary N) is 2. The summed E-state index contributed by atoms with van der Waals surface area (Å²) >= 11 is 0. The maximum Gasteiger partial charge on any atom is 0.227 e. The quantitative estimate of drug-likeness (QED) is 0.687. The highest BCUT2D eigenvalue weighted by atomic mass is 16.2. The second-order valence-electron chi connectivity index (χ2n) is 9.92. The number of amides is 1. The van der Waals surface area contributed by atoms with Gasteiger partial charge in [0.2, 0.25) is 5.91 Å². The van der Waals surface area contributed by atoms with Crippen molar-refractivity contribution < 1.29 is 4.79 Å². The third kappa shape index (κ3) is 2.86. The van der Waals surface area contributed by atoms with E-state index in [0.29, 0.717) is 23.4 Å². The lowest BCUT2D eigenvalue weighted by atomic mass is 9.88. The van der Waals surface area contributed by atoms with Crippen LogP contribution in [0.4, 0.5) is 5.69 Å². The molecule has 2 atom stereocenters. The largest absolute Gasteiger partial charge is 0.335 e. The highest BCUT2D eigenvalue weighted by Gasteiger charge is 2.53. The van der Waals surface area contributed by atoms with Gasteiger partial charge in [-0.3, -0.25) is 9.89 Å². The topological polar surface area (TPSA) is 90.6 Å². The summed E-state index contributed by atoms with van der Waals surface area (Å²) in [5.74, 6) is 2.23. The lowest BCUT2D eigenvalue weighted by Gasteiger charge is -2.19. The number of aromatic nitrogens is 5. The molecule has 3 aliphatic carbocycles. The van der Waals surface area contributed by atoms with Gasteiger partial charge in [-0.25, -0.2) is 9.97 Å². The van der Waals surface area contributed by atoms with E-state index in [1.807, 2.05) is 13.1 Å². The molecular formula is C23H28N6O. The Morgan fingerprint density at radius 1 is 1.33 bits per heavy atom. The fraction of sp³-hybridized carbons (Fsp3) is 0.565. The van der Waals surface area contributed by atoms with Crippen molar-refractivity contribution in [2.24, 2.45) is 17.3 Å². The molecule has 2 N–H and O–H groups in total. The first kappa shape index (κ1) is 18.1. The number of pyridine rings is 1. The van der Waals surface area contributed by atoms with Crippen LogP contribution in [0.2, 0.25) is 0 Å². The van der Waals surface area contributed by atoms with Gasteiger partial charge in [0, 0.05) is 24.7 Å². The van der Waals surface area contributed by atoms with Gasteiger partial charge in [-0.05, 0) is 55.4 Å². The first-order chi connectivity index (χ1) is 14.5. The third-order valence-corrected chi connectivity index (χ3v) is 7.77. The van der Waals surface area contributed by atoms with Gasteiger partial charge < -0.3 is 9.88 Å². The number of fused-ring (bicyclic) bond motifs is 3. The number of imidazole rings is 1. The van der Waals surface area contributed by atoms with Crippen molar-refractivity contribution in [2.75, 3.05) is 11.9 Å². The van der Waals surface area contributed by atoms with Crippen LogP contribution in [0.15, 0.2) is 12.3 Å². The summed E-state index contributed by atoms with van der Waals surface area (Å²) < 4.78 is 0. The number of nitrogens with zero attached hydrogens (tertiary/aromatic N) is 4. The van der Waals surface area contributed by atoms with E-state index in [0.717, 1.165) is 41.5 Å². The molecule has 0 bridgehead atoms. The first-order valence-electron chi connectivity index (χ1n) is 11.2. The van der Waals surface area contributed by atoms with Crippen LogP contribution in [-0.2, 0) is 17.6 Å². The van der Waals surface area contributed by atoms with E-state index in [9.17, 15) is 4.79 Å². The Morgan fingerprint density at radius 2 is 2.17 bits per heavy atom. The smallest absolute Gasteiger partial charge is 0.227 e. The molecule has 0 aromatic carbocycles. The van der Waals surface area contributed by atoms with Gasteiger partial charge in [0.25, 0.3) is 0 Å². The van der Waals surface area contributed by atoms with Crippen LogP contribution in [0.1, 0.15) is 56.7 Å². The minimum Gasteiger partial charge on any atom is -0.335 e. The second-order valence-corrected chi connectivity index (χ2v) is 9.92. The summed E-state index contributed by atoms with van der Waals surface area (Å²) in [7, 11) is 1.84. The van der Waals surface area contributed by atoms with Gasteiger partial charge in [0.15, 0.2) is 11.5 Å². The molecule has 2 fully saturated rings. The number of aromatic amines is 2. The van der Waals surface area contributed by atoms with Crippen LogP contribution in [0, 0.1) is 17.3 Å². The molecule has 30 heavy (non-hydrogen) atoms. The molecule has 1 amide bonds. The van der Waals surface area contributed by atoms with Crippen LogP contribution in [0.5, 0.6) is 0 Å². The number of carbonyl (C=O) groups is 1. The fourth-order valence-electron chi connectivity index (χ4n) is 5.58. The van der Waals surface area contributed by atoms with Crippen molar-refractivity contribution >= 4 is 22.8 Å². The second kappa shape index (κ2) is 6.40. The van der Waals surface area contributed by atoms with Gasteiger partial charge in [0.05, 0.1) is 17.4 Å². The number of anilines is 1. The summed E-state index contributed by atoms with van der Waals surface area (Å²) in [6.07, 6.45) is 10.7. The predicted octanol–water partition coefficient (Wildman–Crippen LogP) is 4.02. The molecule has 0 spiro atoms. The van der Waals surface area contributed by atoms with E-state index in [2.05, 4.69) is 27.1 Å². The zero-order valence-corrected chi connectivity index (χ0v) is 17.7. The summed E-state index contributed by atoms with van der Waals surface area (Å²) in [6, 6.07) is 1.97. The summed E-state index contributed by atoms with van der Waals surface area (Å²) in [5, 5.41) is 7.83. The summed E-state index contributed by atoms with van der Waals surface area (Å²) in [6.45, 7) is 2.37. The molecule has 7 nitrogen and oxygen atoms in total. The third-order valence-electron chi connectivity index (χ3n) is 7.77. The minimum atomic E-state index is 0.164. The van der Waals surface area contributed by atoms with Crippen molar-refractivity contribution in [1.29, 1.82) is 0 Å². The zero-order valence-electron chi connectivity index (χ0n) is 17.7. The van der Waals surface area contributed by atoms with E-state index < -0.39 is 0 Å². The van der Waals surface area contributed by atoms with Gasteiger partial charge in [0.1, 0.15) is 5.69 Å². The van der Waals surface area contributed by atoms with E-state index in [1.54, 1.807) is 11.1 Å². The molecule has 0 aliphatic heterocycles. The van der Waals surface area contributed by atoms with Crippen LogP contribution in [0.25, 0.3) is 22.7 Å². The van der Waals surface area contributed by atoms with E-state index >= 15 is 0 Å². The van der Waals surface area contributed by atoms with Crippen molar-refractivity contribution in [3.63, 3.8) is 0 Å². The monoisotopic (exact) mass is 404 g/mol. The molecule has 7 heteroatoms. The number of hydrogen-bond acceptors (Lipinski definition) is 4. The summed E-state index contributed by atoms with van der Waals surface area (Å²) in [4.78, 5) is 27.1. The Labute approximate surface area is 175 Å². The fourth-order valence-corrected chi connectivity index (χ4v) is 5.58. The van der Waals surface area contributed by atoms with Gasteiger partial charge in [-0.15, -0.1) is 0 Å². The molecule has 3 aromatic rings. The minimum absolute atomic E-state index is 0.164. The first-order valence-corrected chi connectivity index (χ1v) is 11.2. The molecule has 3 heterocycles. The Balaban J connectivity index is 1.27. The Kier molecular flexibility index (Phi) is 3.86. The van der Waals surface area contributed by atoms with Gasteiger partial charge in [-0.1, -0.05) is 19.8 Å². The Morgan fingerprint density at radius 3 is 3.00 bits per heavy atom. The van der Waals surface area contributed by atoms with Gasteiger partial charge >= 0.3 is 0 Å². The van der Waals surface area contributed by atoms with Crippen molar-refractivity contribution in [3.8, 4) is 11.5 Å². The van der Waals surface area contributed by atoms with Crippen molar-refractivity contribution in [2.45, 2.75) is 58.3 Å². The molecule has 0 saturated heterocycles. The summed E-state index contributed by atoms with van der Waals surface area (Å²) in [5.41, 5.74) is 6.26. The number of H-pyrrole nitrogens is 2. The van der Waals surface area contributed by atoms with Crippen LogP contribution in [-0.4, -0.2) is 38.1 Å². The molecule has 3 aliphatic rings. The normalized spacial score (nSPS) is 25.3.